The minimum Gasteiger partial charge on any atom is -0.507 e. The lowest BCUT2D eigenvalue weighted by Gasteiger charge is -2.02. The van der Waals surface area contributed by atoms with Crippen molar-refractivity contribution >= 4 is 27.4 Å². The van der Waals surface area contributed by atoms with Gasteiger partial charge in [0.2, 0.25) is 0 Å². The zero-order chi connectivity index (χ0) is 12.3. The van der Waals surface area contributed by atoms with Crippen LogP contribution in [0.25, 0.3) is 0 Å². The summed E-state index contributed by atoms with van der Waals surface area (Å²) < 4.78 is 0. The maximum atomic E-state index is 11.3. The van der Waals surface area contributed by atoms with E-state index in [0.717, 1.165) is 12.1 Å². The Bertz CT molecular complexity index is 507. The monoisotopic (exact) mass is 284 g/mol. The average molecular weight is 285 g/mol. The Morgan fingerprint density at radius 3 is 2.69 bits per heavy atom. The van der Waals surface area contributed by atoms with Crippen molar-refractivity contribution in [3.05, 3.63) is 33.4 Å². The molecule has 0 aliphatic heterocycles. The van der Waals surface area contributed by atoms with Crippen molar-refractivity contribution < 1.29 is 14.8 Å². The summed E-state index contributed by atoms with van der Waals surface area (Å²) in [6, 6.07) is 3.39. The van der Waals surface area contributed by atoms with E-state index >= 15 is 0 Å². The predicted octanol–water partition coefficient (Wildman–Crippen LogP) is 1.75. The van der Waals surface area contributed by atoms with Gasteiger partial charge in [0.25, 0.3) is 5.69 Å². The molecular formula is C9H5BrN2O4. The summed E-state index contributed by atoms with van der Waals surface area (Å²) in [4.78, 5) is 21.1. The third-order valence-electron chi connectivity index (χ3n) is 1.85. The van der Waals surface area contributed by atoms with E-state index in [1.807, 2.05) is 0 Å². The zero-order valence-corrected chi connectivity index (χ0v) is 9.39. The normalized spacial score (nSPS) is 9.50. The fourth-order valence-corrected chi connectivity index (χ4v) is 1.41. The first-order valence-corrected chi connectivity index (χ1v) is 5.14. The van der Waals surface area contributed by atoms with Crippen LogP contribution in [0.2, 0.25) is 0 Å². The molecule has 1 rings (SSSR count). The highest BCUT2D eigenvalue weighted by Crippen LogP contribution is 2.28. The Hall–Kier alpha value is -1.94. The molecule has 0 heterocycles. The van der Waals surface area contributed by atoms with Crippen LogP contribution in [0.1, 0.15) is 15.9 Å². The molecule has 6 nitrogen and oxygen atoms in total. The van der Waals surface area contributed by atoms with Crippen molar-refractivity contribution in [1.29, 1.82) is 5.26 Å². The highest BCUT2D eigenvalue weighted by Gasteiger charge is 2.20. The van der Waals surface area contributed by atoms with Crippen molar-refractivity contribution in [2.24, 2.45) is 0 Å². The number of phenolic OH excluding ortho intramolecular Hbond substituents is 1. The second kappa shape index (κ2) is 4.72. The lowest BCUT2D eigenvalue weighted by molar-refractivity contribution is -0.385. The van der Waals surface area contributed by atoms with Gasteiger partial charge in [0.1, 0.15) is 17.4 Å². The van der Waals surface area contributed by atoms with Crippen molar-refractivity contribution in [2.75, 3.05) is 5.33 Å². The van der Waals surface area contributed by atoms with Crippen LogP contribution in [0.4, 0.5) is 5.69 Å². The fraction of sp³-hybridized carbons (Fsp3) is 0.111. The van der Waals surface area contributed by atoms with Gasteiger partial charge in [-0.15, -0.1) is 0 Å². The van der Waals surface area contributed by atoms with Crippen LogP contribution in [0, 0.1) is 21.4 Å². The van der Waals surface area contributed by atoms with Gasteiger partial charge in [0.05, 0.1) is 15.8 Å². The number of aromatic hydroxyl groups is 1. The van der Waals surface area contributed by atoms with Gasteiger partial charge in [-0.25, -0.2) is 0 Å². The number of alkyl halides is 1. The molecule has 0 saturated heterocycles. The molecule has 1 N–H and O–H groups in total. The quantitative estimate of drug-likeness (QED) is 0.394. The van der Waals surface area contributed by atoms with Gasteiger partial charge < -0.3 is 5.11 Å². The summed E-state index contributed by atoms with van der Waals surface area (Å²) in [6.07, 6.45) is 0. The molecular weight excluding hydrogens is 280 g/mol. The molecule has 0 amide bonds. The van der Waals surface area contributed by atoms with Gasteiger partial charge in [-0.3, -0.25) is 14.9 Å². The number of benzene rings is 1. The molecule has 7 heteroatoms. The minimum absolute atomic E-state index is 0.0659. The molecule has 1 aromatic carbocycles. The number of nitro groups is 1. The van der Waals surface area contributed by atoms with Crippen molar-refractivity contribution in [2.45, 2.75) is 0 Å². The lowest BCUT2D eigenvalue weighted by Crippen LogP contribution is -2.03. The number of Topliss-reactive ketones (excluding diaryl/α,β-unsaturated/α-hetero) is 1. The van der Waals surface area contributed by atoms with Crippen LogP contribution >= 0.6 is 15.9 Å². The van der Waals surface area contributed by atoms with E-state index < -0.39 is 22.1 Å². The van der Waals surface area contributed by atoms with Gasteiger partial charge in [-0.05, 0) is 0 Å². The Labute approximate surface area is 98.4 Å². The smallest absolute Gasteiger partial charge is 0.288 e. The molecule has 1 aromatic rings. The van der Waals surface area contributed by atoms with Gasteiger partial charge in [-0.1, -0.05) is 15.9 Å². The summed E-state index contributed by atoms with van der Waals surface area (Å²) in [5.74, 6) is -0.934. The fourth-order valence-electron chi connectivity index (χ4n) is 1.11. The predicted molar refractivity (Wildman–Crippen MR) is 57.6 cm³/mol. The molecule has 0 bridgehead atoms. The van der Waals surface area contributed by atoms with Crippen LogP contribution in [-0.4, -0.2) is 21.1 Å². The van der Waals surface area contributed by atoms with Crippen LogP contribution < -0.4 is 0 Å². The first-order valence-electron chi connectivity index (χ1n) is 4.02. The number of carbonyl (C=O) groups excluding carboxylic acids is 1. The average Bonchev–Trinajstić information content (AvgIpc) is 2.27. The third-order valence-corrected chi connectivity index (χ3v) is 2.36. The number of rotatable bonds is 3. The highest BCUT2D eigenvalue weighted by molar-refractivity contribution is 9.09. The van der Waals surface area contributed by atoms with E-state index in [4.69, 9.17) is 5.26 Å². The van der Waals surface area contributed by atoms with E-state index in [9.17, 15) is 20.0 Å². The maximum absolute atomic E-state index is 11.3. The number of hydrogen-bond donors (Lipinski definition) is 1. The molecule has 0 aliphatic rings. The van der Waals surface area contributed by atoms with Crippen LogP contribution in [-0.2, 0) is 0 Å². The van der Waals surface area contributed by atoms with Gasteiger partial charge in [0, 0.05) is 12.1 Å². The van der Waals surface area contributed by atoms with Crippen LogP contribution in [0.3, 0.4) is 0 Å². The van der Waals surface area contributed by atoms with Gasteiger partial charge in [0.15, 0.2) is 5.78 Å². The van der Waals surface area contributed by atoms with E-state index in [1.54, 1.807) is 6.07 Å². The Kier molecular flexibility index (Phi) is 3.58. The molecule has 0 aliphatic carbocycles. The van der Waals surface area contributed by atoms with Crippen molar-refractivity contribution in [3.63, 3.8) is 0 Å². The summed E-state index contributed by atoms with van der Waals surface area (Å²) in [5.41, 5.74) is -0.958. The van der Waals surface area contributed by atoms with E-state index in [2.05, 4.69) is 15.9 Å². The molecule has 0 atom stereocenters. The third kappa shape index (κ3) is 2.17. The minimum atomic E-state index is -0.775. The number of nitriles is 1. The SMILES string of the molecule is N#Cc1cc(O)c(C(=O)CBr)cc1[N+](=O)[O-]. The second-order valence-electron chi connectivity index (χ2n) is 2.81. The molecule has 0 spiro atoms. The molecule has 0 aromatic heterocycles. The number of nitro benzene ring substituents is 1. The van der Waals surface area contributed by atoms with E-state index in [-0.39, 0.29) is 16.5 Å². The summed E-state index contributed by atoms with van der Waals surface area (Å²) in [6.45, 7) is 0. The number of phenols is 1. The Morgan fingerprint density at radius 1 is 1.62 bits per heavy atom. The molecule has 82 valence electrons. The van der Waals surface area contributed by atoms with Crippen LogP contribution in [0.15, 0.2) is 12.1 Å². The summed E-state index contributed by atoms with van der Waals surface area (Å²) in [7, 11) is 0. The van der Waals surface area contributed by atoms with E-state index in [0.29, 0.717) is 0 Å². The number of ketones is 1. The molecule has 0 saturated carbocycles. The second-order valence-corrected chi connectivity index (χ2v) is 3.37. The highest BCUT2D eigenvalue weighted by atomic mass is 79.9. The van der Waals surface area contributed by atoms with Crippen molar-refractivity contribution in [3.8, 4) is 11.8 Å². The Balaban J connectivity index is 3.46. The number of halogens is 1. The molecule has 0 fully saturated rings. The maximum Gasteiger partial charge on any atom is 0.288 e. The largest absolute Gasteiger partial charge is 0.507 e. The van der Waals surface area contributed by atoms with E-state index in [1.165, 1.54) is 0 Å². The standard InChI is InChI=1S/C9H5BrN2O4/c10-3-9(14)6-2-7(12(15)16)5(4-11)1-8(6)13/h1-2,13H,3H2. The van der Waals surface area contributed by atoms with Crippen LogP contribution in [0.5, 0.6) is 5.75 Å². The number of hydrogen-bond acceptors (Lipinski definition) is 5. The van der Waals surface area contributed by atoms with Crippen molar-refractivity contribution in [1.82, 2.24) is 0 Å². The summed E-state index contributed by atoms with van der Waals surface area (Å²) >= 11 is 2.89. The van der Waals surface area contributed by atoms with Gasteiger partial charge in [-0.2, -0.15) is 5.26 Å². The van der Waals surface area contributed by atoms with Gasteiger partial charge >= 0.3 is 0 Å². The summed E-state index contributed by atoms with van der Waals surface area (Å²) in [5, 5.41) is 28.6. The lowest BCUT2D eigenvalue weighted by atomic mass is 10.1. The molecule has 0 unspecified atom stereocenters. The number of nitrogens with zero attached hydrogens (tertiary/aromatic N) is 2. The Morgan fingerprint density at radius 2 is 2.25 bits per heavy atom. The zero-order valence-electron chi connectivity index (χ0n) is 7.81. The molecule has 0 radical (unpaired) electrons. The first kappa shape index (κ1) is 12.1. The first-order chi connectivity index (χ1) is 7.51. The molecule has 16 heavy (non-hydrogen) atoms. The topological polar surface area (TPSA) is 104 Å². The number of carbonyl (C=O) groups is 1.